The molecule has 1 aromatic heterocycles. The molecule has 3 aromatic rings. The largest absolute Gasteiger partial charge is 0.350 e. The van der Waals surface area contributed by atoms with Gasteiger partial charge in [-0.3, -0.25) is 8.75 Å². The lowest BCUT2D eigenvalue weighted by atomic mass is 10.1. The van der Waals surface area contributed by atoms with Crippen molar-refractivity contribution in [2.45, 2.75) is 0 Å². The molecule has 0 radical (unpaired) electrons. The van der Waals surface area contributed by atoms with Crippen molar-refractivity contribution in [3.05, 3.63) is 70.8 Å². The first kappa shape index (κ1) is 13.6. The molecule has 0 aliphatic heterocycles. The Balaban J connectivity index is 2.06. The molecule has 21 heavy (non-hydrogen) atoms. The van der Waals surface area contributed by atoms with Gasteiger partial charge in [0.15, 0.2) is 0 Å². The third-order valence-corrected chi connectivity index (χ3v) is 4.17. The Kier molecular flexibility index (Phi) is 3.58. The van der Waals surface area contributed by atoms with Crippen LogP contribution in [-0.2, 0) is 7.05 Å². The SMILES string of the molecule is Cn1sc(-c2ccccc2)c(Nc2ccc(F)cc2)c1=O. The summed E-state index contributed by atoms with van der Waals surface area (Å²) in [4.78, 5) is 13.1. The molecular weight excluding hydrogens is 287 g/mol. The normalized spacial score (nSPS) is 10.6. The number of anilines is 2. The molecule has 0 spiro atoms. The molecule has 5 heteroatoms. The highest BCUT2D eigenvalue weighted by Crippen LogP contribution is 2.31. The molecule has 0 amide bonds. The van der Waals surface area contributed by atoms with Gasteiger partial charge in [0.05, 0.1) is 4.88 Å². The van der Waals surface area contributed by atoms with E-state index in [9.17, 15) is 9.18 Å². The van der Waals surface area contributed by atoms with Gasteiger partial charge >= 0.3 is 0 Å². The number of aromatic nitrogens is 1. The monoisotopic (exact) mass is 300 g/mol. The first-order valence-electron chi connectivity index (χ1n) is 6.43. The van der Waals surface area contributed by atoms with Crippen LogP contribution in [0.5, 0.6) is 0 Å². The van der Waals surface area contributed by atoms with Crippen LogP contribution in [0.2, 0.25) is 0 Å². The van der Waals surface area contributed by atoms with E-state index in [1.165, 1.54) is 23.7 Å². The standard InChI is InChI=1S/C16H13FN2OS/c1-19-16(20)14(18-13-9-7-12(17)8-10-13)15(21-19)11-5-3-2-4-6-11/h2-10,18H,1H3. The second-order valence-electron chi connectivity index (χ2n) is 4.60. The summed E-state index contributed by atoms with van der Waals surface area (Å²) in [5, 5.41) is 3.10. The molecule has 0 bridgehead atoms. The Labute approximate surface area is 125 Å². The van der Waals surface area contributed by atoms with Crippen LogP contribution in [0.25, 0.3) is 10.4 Å². The second-order valence-corrected chi connectivity index (χ2v) is 5.73. The van der Waals surface area contributed by atoms with E-state index >= 15 is 0 Å². The highest BCUT2D eigenvalue weighted by atomic mass is 32.1. The lowest BCUT2D eigenvalue weighted by Gasteiger charge is -2.06. The summed E-state index contributed by atoms with van der Waals surface area (Å²) in [6, 6.07) is 15.7. The fourth-order valence-corrected chi connectivity index (χ4v) is 2.97. The fraction of sp³-hybridized carbons (Fsp3) is 0.0625. The molecule has 1 N–H and O–H groups in total. The molecule has 0 unspecified atom stereocenters. The van der Waals surface area contributed by atoms with Crippen LogP contribution in [-0.4, -0.2) is 3.96 Å². The van der Waals surface area contributed by atoms with Crippen LogP contribution >= 0.6 is 11.5 Å². The molecule has 3 rings (SSSR count). The van der Waals surface area contributed by atoms with E-state index in [1.54, 1.807) is 23.1 Å². The van der Waals surface area contributed by atoms with Gasteiger partial charge in [-0.05, 0) is 29.8 Å². The van der Waals surface area contributed by atoms with Crippen LogP contribution in [0.3, 0.4) is 0 Å². The molecule has 0 saturated carbocycles. The smallest absolute Gasteiger partial charge is 0.284 e. The average molecular weight is 300 g/mol. The number of nitrogens with one attached hydrogen (secondary N) is 1. The van der Waals surface area contributed by atoms with Crippen LogP contribution in [0, 0.1) is 5.82 Å². The number of rotatable bonds is 3. The summed E-state index contributed by atoms with van der Waals surface area (Å²) in [5.74, 6) is -0.304. The average Bonchev–Trinajstić information content (AvgIpc) is 2.79. The van der Waals surface area contributed by atoms with E-state index in [4.69, 9.17) is 0 Å². The number of benzene rings is 2. The maximum absolute atomic E-state index is 13.0. The summed E-state index contributed by atoms with van der Waals surface area (Å²) < 4.78 is 14.5. The van der Waals surface area contributed by atoms with Gasteiger partial charge in [0.1, 0.15) is 11.5 Å². The van der Waals surface area contributed by atoms with Gasteiger partial charge in [-0.25, -0.2) is 4.39 Å². The summed E-state index contributed by atoms with van der Waals surface area (Å²) in [5.41, 5.74) is 2.08. The fourth-order valence-electron chi connectivity index (χ4n) is 2.05. The van der Waals surface area contributed by atoms with Gasteiger partial charge in [-0.2, -0.15) is 0 Å². The van der Waals surface area contributed by atoms with E-state index < -0.39 is 0 Å². The van der Waals surface area contributed by atoms with Gasteiger partial charge < -0.3 is 5.32 Å². The first-order chi connectivity index (χ1) is 10.1. The van der Waals surface area contributed by atoms with Crippen molar-refractivity contribution < 1.29 is 4.39 Å². The molecule has 106 valence electrons. The Morgan fingerprint density at radius 1 is 1.05 bits per heavy atom. The molecular formula is C16H13FN2OS. The van der Waals surface area contributed by atoms with E-state index in [-0.39, 0.29) is 11.4 Å². The predicted octanol–water partition coefficient (Wildman–Crippen LogP) is 4.00. The summed E-state index contributed by atoms with van der Waals surface area (Å²) >= 11 is 1.38. The van der Waals surface area contributed by atoms with E-state index in [0.717, 1.165) is 10.4 Å². The minimum Gasteiger partial charge on any atom is -0.350 e. The molecule has 0 aliphatic carbocycles. The second kappa shape index (κ2) is 5.54. The number of aryl methyl sites for hydroxylation is 1. The van der Waals surface area contributed by atoms with Crippen LogP contribution in [0.4, 0.5) is 15.8 Å². The van der Waals surface area contributed by atoms with E-state index in [0.29, 0.717) is 11.4 Å². The van der Waals surface area contributed by atoms with E-state index in [2.05, 4.69) is 5.32 Å². The lowest BCUT2D eigenvalue weighted by molar-refractivity contribution is 0.628. The summed E-state index contributed by atoms with van der Waals surface area (Å²) in [7, 11) is 1.73. The Morgan fingerprint density at radius 2 is 1.71 bits per heavy atom. The molecule has 0 aliphatic rings. The molecule has 0 saturated heterocycles. The van der Waals surface area contributed by atoms with Crippen molar-refractivity contribution in [1.82, 2.24) is 3.96 Å². The third kappa shape index (κ3) is 2.73. The Morgan fingerprint density at radius 3 is 2.38 bits per heavy atom. The summed E-state index contributed by atoms with van der Waals surface area (Å²) in [6.45, 7) is 0. The Bertz CT molecular complexity index is 807. The number of halogens is 1. The maximum Gasteiger partial charge on any atom is 0.284 e. The molecule has 0 atom stereocenters. The first-order valence-corrected chi connectivity index (χ1v) is 7.21. The van der Waals surface area contributed by atoms with Crippen LogP contribution in [0.15, 0.2) is 59.4 Å². The van der Waals surface area contributed by atoms with Crippen molar-refractivity contribution in [3.8, 4) is 10.4 Å². The quantitative estimate of drug-likeness (QED) is 0.793. The van der Waals surface area contributed by atoms with Gasteiger partial charge in [0.2, 0.25) is 0 Å². The Hall–Kier alpha value is -2.40. The van der Waals surface area contributed by atoms with Crippen molar-refractivity contribution in [2.24, 2.45) is 7.05 Å². The predicted molar refractivity (Wildman–Crippen MR) is 84.7 cm³/mol. The van der Waals surface area contributed by atoms with Crippen LogP contribution < -0.4 is 10.9 Å². The topological polar surface area (TPSA) is 34.0 Å². The molecule has 3 nitrogen and oxygen atoms in total. The van der Waals surface area contributed by atoms with Gasteiger partial charge in [-0.15, -0.1) is 0 Å². The zero-order valence-corrected chi connectivity index (χ0v) is 12.2. The van der Waals surface area contributed by atoms with Crippen molar-refractivity contribution in [2.75, 3.05) is 5.32 Å². The highest BCUT2D eigenvalue weighted by molar-refractivity contribution is 7.10. The lowest BCUT2D eigenvalue weighted by Crippen LogP contribution is -2.12. The third-order valence-electron chi connectivity index (χ3n) is 3.10. The zero-order valence-electron chi connectivity index (χ0n) is 11.3. The zero-order chi connectivity index (χ0) is 14.8. The number of hydrogen-bond acceptors (Lipinski definition) is 3. The van der Waals surface area contributed by atoms with Gasteiger partial charge in [0, 0.05) is 12.7 Å². The van der Waals surface area contributed by atoms with Crippen molar-refractivity contribution in [3.63, 3.8) is 0 Å². The van der Waals surface area contributed by atoms with E-state index in [1.807, 2.05) is 30.3 Å². The minimum atomic E-state index is -0.304. The molecule has 1 heterocycles. The highest BCUT2D eigenvalue weighted by Gasteiger charge is 2.15. The summed E-state index contributed by atoms with van der Waals surface area (Å²) in [6.07, 6.45) is 0. The van der Waals surface area contributed by atoms with Crippen molar-refractivity contribution in [1.29, 1.82) is 0 Å². The minimum absolute atomic E-state index is 0.0943. The number of hydrogen-bond donors (Lipinski definition) is 1. The van der Waals surface area contributed by atoms with Crippen LogP contribution in [0.1, 0.15) is 0 Å². The van der Waals surface area contributed by atoms with Gasteiger partial charge in [-0.1, -0.05) is 41.9 Å². The molecule has 0 fully saturated rings. The molecule has 2 aromatic carbocycles. The van der Waals surface area contributed by atoms with Gasteiger partial charge in [0.25, 0.3) is 5.56 Å². The van der Waals surface area contributed by atoms with Crippen molar-refractivity contribution >= 4 is 22.9 Å². The number of nitrogens with zero attached hydrogens (tertiary/aromatic N) is 1. The maximum atomic E-state index is 13.0.